The lowest BCUT2D eigenvalue weighted by Gasteiger charge is -2.33. The molecular weight excluding hydrogens is 527 g/mol. The summed E-state index contributed by atoms with van der Waals surface area (Å²) in [5.41, 5.74) is -0.926. The van der Waals surface area contributed by atoms with Crippen LogP contribution in [0.5, 0.6) is 0 Å². The van der Waals surface area contributed by atoms with E-state index in [0.717, 1.165) is 15.9 Å². The van der Waals surface area contributed by atoms with Gasteiger partial charge in [0.1, 0.15) is 5.57 Å². The van der Waals surface area contributed by atoms with Crippen molar-refractivity contribution in [2.24, 2.45) is 0 Å². The SMILES string of the molecule is CC(C)OC(=O)C(/C(C(=O)OC(C)C)=C1/C(=O)COC1=O)=P(c1ccccc1)(c1ccccc1)c1ccccc1. The van der Waals surface area contributed by atoms with Crippen molar-refractivity contribution >= 4 is 51.8 Å². The Morgan fingerprint density at radius 2 is 1.07 bits per heavy atom. The Labute approximate surface area is 233 Å². The summed E-state index contributed by atoms with van der Waals surface area (Å²) in [5, 5.41) is 2.06. The van der Waals surface area contributed by atoms with Gasteiger partial charge in [-0.3, -0.25) is 4.79 Å². The number of ketones is 1. The largest absolute Gasteiger partial charge is 0.459 e. The molecule has 40 heavy (non-hydrogen) atoms. The molecule has 3 aromatic rings. The molecule has 1 saturated heterocycles. The predicted molar refractivity (Wildman–Crippen MR) is 156 cm³/mol. The first-order valence-electron chi connectivity index (χ1n) is 13.0. The highest BCUT2D eigenvalue weighted by Gasteiger charge is 2.44. The van der Waals surface area contributed by atoms with E-state index in [1.807, 2.05) is 91.0 Å². The van der Waals surface area contributed by atoms with Gasteiger partial charge >= 0.3 is 17.9 Å². The standard InChI is InChI=1S/C32H31O7P/c1-21(2)38-31(35)28(27-26(33)20-37-30(27)34)29(32(36)39-22(3)4)40(23-14-8-5-9-15-23,24-16-10-6-11-17-24)25-18-12-7-13-19-25/h5-19,21-22H,20H2,1-4H3/b28-27+. The number of hydrogen-bond donors (Lipinski definition) is 0. The van der Waals surface area contributed by atoms with Crippen LogP contribution in [0.3, 0.4) is 0 Å². The molecule has 8 heteroatoms. The molecule has 0 bridgehead atoms. The molecule has 1 heterocycles. The van der Waals surface area contributed by atoms with E-state index in [0.29, 0.717) is 0 Å². The lowest BCUT2D eigenvalue weighted by atomic mass is 10.0. The summed E-state index contributed by atoms with van der Waals surface area (Å²) in [5.74, 6) is -3.48. The molecule has 0 aliphatic carbocycles. The molecule has 0 N–H and O–H groups in total. The van der Waals surface area contributed by atoms with Crippen molar-refractivity contribution in [3.63, 3.8) is 0 Å². The first-order chi connectivity index (χ1) is 19.2. The third-order valence-corrected chi connectivity index (χ3v) is 10.4. The van der Waals surface area contributed by atoms with Gasteiger partial charge in [-0.1, -0.05) is 91.0 Å². The Morgan fingerprint density at radius 1 is 0.675 bits per heavy atom. The third kappa shape index (κ3) is 5.56. The molecule has 0 radical (unpaired) electrons. The van der Waals surface area contributed by atoms with Gasteiger partial charge in [-0.25, -0.2) is 14.4 Å². The van der Waals surface area contributed by atoms with Crippen LogP contribution in [0.1, 0.15) is 27.7 Å². The molecule has 0 saturated carbocycles. The molecule has 1 aliphatic heterocycles. The Hall–Kier alpha value is -4.22. The molecule has 1 fully saturated rings. The number of rotatable bonds is 8. The zero-order chi connectivity index (χ0) is 28.9. The van der Waals surface area contributed by atoms with Crippen molar-refractivity contribution in [2.45, 2.75) is 39.9 Å². The van der Waals surface area contributed by atoms with E-state index in [9.17, 15) is 19.2 Å². The maximum Gasteiger partial charge on any atom is 0.343 e. The number of cyclic esters (lactones) is 1. The van der Waals surface area contributed by atoms with Gasteiger partial charge in [0.2, 0.25) is 5.78 Å². The number of carbonyl (C=O) groups is 4. The fraction of sp³-hybridized carbons (Fsp3) is 0.219. The van der Waals surface area contributed by atoms with Crippen LogP contribution in [0.15, 0.2) is 102 Å². The summed E-state index contributed by atoms with van der Waals surface area (Å²) in [6.45, 7) is 2.83. The van der Waals surface area contributed by atoms with Crippen molar-refractivity contribution in [3.05, 3.63) is 102 Å². The van der Waals surface area contributed by atoms with Crippen molar-refractivity contribution in [3.8, 4) is 0 Å². The zero-order valence-electron chi connectivity index (χ0n) is 22.8. The summed E-state index contributed by atoms with van der Waals surface area (Å²) in [7, 11) is 0. The van der Waals surface area contributed by atoms with Crippen LogP contribution in [0.4, 0.5) is 0 Å². The maximum atomic E-state index is 14.4. The van der Waals surface area contributed by atoms with Gasteiger partial charge in [0.05, 0.1) is 23.1 Å². The van der Waals surface area contributed by atoms with Gasteiger partial charge in [-0.15, -0.1) is 0 Å². The van der Waals surface area contributed by atoms with E-state index in [2.05, 4.69) is 0 Å². The highest BCUT2D eigenvalue weighted by molar-refractivity contribution is 7.97. The number of benzene rings is 3. The maximum absolute atomic E-state index is 14.4. The first kappa shape index (κ1) is 28.8. The summed E-state index contributed by atoms with van der Waals surface area (Å²) >= 11 is 0. The van der Waals surface area contributed by atoms with E-state index in [-0.39, 0.29) is 5.29 Å². The summed E-state index contributed by atoms with van der Waals surface area (Å²) in [6, 6.07) is 27.9. The van der Waals surface area contributed by atoms with Crippen LogP contribution >= 0.6 is 6.89 Å². The van der Waals surface area contributed by atoms with E-state index >= 15 is 0 Å². The predicted octanol–water partition coefficient (Wildman–Crippen LogP) is 3.48. The molecule has 0 amide bonds. The molecule has 0 unspecified atom stereocenters. The van der Waals surface area contributed by atoms with Crippen LogP contribution in [-0.2, 0) is 33.4 Å². The first-order valence-corrected chi connectivity index (χ1v) is 14.8. The molecule has 1 aliphatic rings. The van der Waals surface area contributed by atoms with Gasteiger partial charge in [-0.2, -0.15) is 0 Å². The molecular formula is C32H31O7P. The molecule has 0 aromatic heterocycles. The lowest BCUT2D eigenvalue weighted by Crippen LogP contribution is -2.39. The Kier molecular flexibility index (Phi) is 8.86. The van der Waals surface area contributed by atoms with Gasteiger partial charge < -0.3 is 14.2 Å². The molecule has 3 aromatic carbocycles. The average molecular weight is 559 g/mol. The molecule has 206 valence electrons. The molecule has 4 rings (SSSR count). The molecule has 0 spiro atoms. The summed E-state index contributed by atoms with van der Waals surface area (Å²) < 4.78 is 16.4. The highest BCUT2D eigenvalue weighted by Crippen LogP contribution is 2.48. The number of esters is 3. The summed E-state index contributed by atoms with van der Waals surface area (Å²) in [4.78, 5) is 54.5. The Bertz CT molecular complexity index is 1380. The minimum atomic E-state index is -3.31. The van der Waals surface area contributed by atoms with Crippen LogP contribution in [0, 0.1) is 0 Å². The van der Waals surface area contributed by atoms with E-state index in [1.165, 1.54) is 0 Å². The minimum Gasteiger partial charge on any atom is -0.459 e. The van der Waals surface area contributed by atoms with E-state index < -0.39 is 60.5 Å². The Balaban J connectivity index is 2.38. The van der Waals surface area contributed by atoms with Gasteiger partial charge in [0, 0.05) is 0 Å². The van der Waals surface area contributed by atoms with Gasteiger partial charge in [-0.05, 0) is 50.5 Å². The number of Topliss-reactive ketones (excluding diaryl/α,β-unsaturated/α-hetero) is 1. The quantitative estimate of drug-likeness (QED) is 0.137. The number of carbonyl (C=O) groups excluding carboxylic acids is 4. The monoisotopic (exact) mass is 558 g/mol. The van der Waals surface area contributed by atoms with E-state index in [4.69, 9.17) is 14.2 Å². The van der Waals surface area contributed by atoms with Crippen LogP contribution in [-0.4, -0.2) is 47.8 Å². The lowest BCUT2D eigenvalue weighted by molar-refractivity contribution is -0.144. The fourth-order valence-electron chi connectivity index (χ4n) is 4.69. The van der Waals surface area contributed by atoms with Crippen molar-refractivity contribution < 1.29 is 33.4 Å². The minimum absolute atomic E-state index is 0.0994. The molecule has 7 nitrogen and oxygen atoms in total. The van der Waals surface area contributed by atoms with Crippen molar-refractivity contribution in [1.29, 1.82) is 0 Å². The van der Waals surface area contributed by atoms with E-state index in [1.54, 1.807) is 27.7 Å². The normalized spacial score (nSPS) is 14.7. The second kappa shape index (κ2) is 12.3. The second-order valence-electron chi connectivity index (χ2n) is 9.68. The highest BCUT2D eigenvalue weighted by atomic mass is 31.2. The third-order valence-electron chi connectivity index (χ3n) is 6.15. The Morgan fingerprint density at radius 3 is 1.43 bits per heavy atom. The van der Waals surface area contributed by atoms with Crippen LogP contribution in [0.2, 0.25) is 0 Å². The molecule has 0 atom stereocenters. The van der Waals surface area contributed by atoms with Crippen molar-refractivity contribution in [1.82, 2.24) is 0 Å². The second-order valence-corrected chi connectivity index (χ2v) is 13.0. The van der Waals surface area contributed by atoms with Crippen LogP contribution in [0.25, 0.3) is 0 Å². The van der Waals surface area contributed by atoms with Gasteiger partial charge in [0.15, 0.2) is 6.61 Å². The van der Waals surface area contributed by atoms with Crippen LogP contribution < -0.4 is 15.9 Å². The van der Waals surface area contributed by atoms with Crippen molar-refractivity contribution in [2.75, 3.05) is 6.61 Å². The average Bonchev–Trinajstić information content (AvgIpc) is 3.26. The smallest absolute Gasteiger partial charge is 0.343 e. The number of ether oxygens (including phenoxy) is 3. The number of hydrogen-bond acceptors (Lipinski definition) is 7. The zero-order valence-corrected chi connectivity index (χ0v) is 23.7. The summed E-state index contributed by atoms with van der Waals surface area (Å²) in [6.07, 6.45) is -1.17. The fourth-order valence-corrected chi connectivity index (χ4v) is 9.08. The topological polar surface area (TPSA) is 96.0 Å². The van der Waals surface area contributed by atoms with Gasteiger partial charge in [0.25, 0.3) is 0 Å².